The van der Waals surface area contributed by atoms with Gasteiger partial charge in [0.25, 0.3) is 0 Å². The molecule has 2 N–H and O–H groups in total. The maximum Gasteiger partial charge on any atom is 0.323 e. The summed E-state index contributed by atoms with van der Waals surface area (Å²) < 4.78 is 0. The maximum atomic E-state index is 9.65. The smallest absolute Gasteiger partial charge is 0.323 e. The van der Waals surface area contributed by atoms with Crippen LogP contribution < -0.4 is 0 Å². The summed E-state index contributed by atoms with van der Waals surface area (Å²) in [6.45, 7) is 0. The van der Waals surface area contributed by atoms with Crippen LogP contribution in [0.4, 0.5) is 0 Å². The van der Waals surface area contributed by atoms with Crippen LogP contribution in [0.15, 0.2) is 0 Å². The normalized spacial score (nSPS) is 12.6. The number of nitrogens with zero attached hydrogens (tertiary/aromatic N) is 1. The molecule has 1 atom stereocenters. The first kappa shape index (κ1) is 7.83. The maximum absolute atomic E-state index is 9.65. The summed E-state index contributed by atoms with van der Waals surface area (Å²) in [7, 11) is 0. The van der Waals surface area contributed by atoms with E-state index in [4.69, 9.17) is 10.2 Å². The van der Waals surface area contributed by atoms with Gasteiger partial charge in [0, 0.05) is 0 Å². The minimum Gasteiger partial charge on any atom is -0.481 e. The summed E-state index contributed by atoms with van der Waals surface area (Å²) in [6, 6.07) is 0. The summed E-state index contributed by atoms with van der Waals surface area (Å²) in [5.74, 6) is -1.39. The molecule has 6 heteroatoms. The zero-order valence-electron chi connectivity index (χ0n) is 4.35. The van der Waals surface area contributed by atoms with Gasteiger partial charge in [-0.05, 0) is 0 Å². The Morgan fingerprint density at radius 2 is 2.22 bits per heavy atom. The largest absolute Gasteiger partial charge is 0.481 e. The molecule has 0 bridgehead atoms. The van der Waals surface area contributed by atoms with Crippen LogP contribution in [0.1, 0.15) is 6.42 Å². The number of aliphatic hydroxyl groups is 1. The molecule has 0 aliphatic rings. The standard InChI is InChI=1S/C3H5NO5/c5-2(4(8)9)1-3(6)7/h2,5H,1H2,(H,6,7). The molecule has 0 aliphatic carbocycles. The van der Waals surface area contributed by atoms with E-state index in [9.17, 15) is 14.9 Å². The highest BCUT2D eigenvalue weighted by Gasteiger charge is 2.18. The molecule has 0 amide bonds. The van der Waals surface area contributed by atoms with Crippen LogP contribution in [0, 0.1) is 10.1 Å². The van der Waals surface area contributed by atoms with Gasteiger partial charge in [0.2, 0.25) is 0 Å². The Bertz CT molecular complexity index is 132. The van der Waals surface area contributed by atoms with Crippen molar-refractivity contribution in [3.63, 3.8) is 0 Å². The van der Waals surface area contributed by atoms with Crippen molar-refractivity contribution in [2.75, 3.05) is 0 Å². The van der Waals surface area contributed by atoms with Crippen LogP contribution >= 0.6 is 0 Å². The molecule has 0 aliphatic heterocycles. The fraction of sp³-hybridized carbons (Fsp3) is 0.667. The van der Waals surface area contributed by atoms with Crippen molar-refractivity contribution in [2.45, 2.75) is 12.6 Å². The van der Waals surface area contributed by atoms with Crippen LogP contribution in [0.25, 0.3) is 0 Å². The lowest BCUT2D eigenvalue weighted by atomic mass is 10.4. The lowest BCUT2D eigenvalue weighted by Gasteiger charge is -1.95. The molecule has 9 heavy (non-hydrogen) atoms. The van der Waals surface area contributed by atoms with E-state index in [0.717, 1.165) is 0 Å². The van der Waals surface area contributed by atoms with Gasteiger partial charge in [0.05, 0.1) is 4.92 Å². The summed E-state index contributed by atoms with van der Waals surface area (Å²) in [5, 5.41) is 25.6. The fourth-order valence-corrected chi connectivity index (χ4v) is 0.231. The van der Waals surface area contributed by atoms with Gasteiger partial charge in [-0.1, -0.05) is 0 Å². The number of aliphatic carboxylic acids is 1. The average molecular weight is 135 g/mol. The van der Waals surface area contributed by atoms with Gasteiger partial charge in [0.1, 0.15) is 6.42 Å². The molecule has 0 rings (SSSR count). The molecule has 0 radical (unpaired) electrons. The van der Waals surface area contributed by atoms with Crippen molar-refractivity contribution in [1.82, 2.24) is 0 Å². The zero-order chi connectivity index (χ0) is 7.44. The first-order valence-corrected chi connectivity index (χ1v) is 2.07. The van der Waals surface area contributed by atoms with Gasteiger partial charge in [-0.15, -0.1) is 0 Å². The predicted octanol–water partition coefficient (Wildman–Crippen LogP) is -0.944. The Morgan fingerprint density at radius 3 is 2.33 bits per heavy atom. The molecule has 0 aromatic carbocycles. The molecule has 6 nitrogen and oxygen atoms in total. The molecule has 0 fully saturated rings. The number of nitro groups is 1. The van der Waals surface area contributed by atoms with Gasteiger partial charge < -0.3 is 10.2 Å². The first-order valence-electron chi connectivity index (χ1n) is 2.07. The third-order valence-electron chi connectivity index (χ3n) is 0.601. The lowest BCUT2D eigenvalue weighted by Crippen LogP contribution is -2.21. The minimum absolute atomic E-state index is 0.854. The van der Waals surface area contributed by atoms with E-state index < -0.39 is 23.5 Å². The molecule has 0 aromatic rings. The van der Waals surface area contributed by atoms with Crippen LogP contribution in [0.5, 0.6) is 0 Å². The van der Waals surface area contributed by atoms with Gasteiger partial charge in [-0.25, -0.2) is 0 Å². The second-order valence-electron chi connectivity index (χ2n) is 1.36. The van der Waals surface area contributed by atoms with Gasteiger partial charge in [-0.2, -0.15) is 0 Å². The fourth-order valence-electron chi connectivity index (χ4n) is 0.231. The van der Waals surface area contributed by atoms with Gasteiger partial charge in [-0.3, -0.25) is 14.9 Å². The second kappa shape index (κ2) is 2.98. The molecular weight excluding hydrogens is 130 g/mol. The van der Waals surface area contributed by atoms with E-state index in [1.165, 1.54) is 0 Å². The number of carboxylic acid groups (broad SMARTS) is 1. The van der Waals surface area contributed by atoms with Crippen molar-refractivity contribution in [1.29, 1.82) is 0 Å². The summed E-state index contributed by atoms with van der Waals surface area (Å²) in [4.78, 5) is 18.1. The highest BCUT2D eigenvalue weighted by molar-refractivity contribution is 5.66. The number of aliphatic hydroxyl groups excluding tert-OH is 1. The van der Waals surface area contributed by atoms with Crippen molar-refractivity contribution < 1.29 is 19.9 Å². The number of carboxylic acids is 1. The van der Waals surface area contributed by atoms with Gasteiger partial charge in [0.15, 0.2) is 0 Å². The Balaban J connectivity index is 3.63. The first-order chi connectivity index (χ1) is 4.04. The molecule has 0 aromatic heterocycles. The topological polar surface area (TPSA) is 101 Å². The Hall–Kier alpha value is -1.17. The minimum atomic E-state index is -1.98. The van der Waals surface area contributed by atoms with Crippen molar-refractivity contribution in [3.8, 4) is 0 Å². The third kappa shape index (κ3) is 3.42. The van der Waals surface area contributed by atoms with E-state index in [1.54, 1.807) is 0 Å². The average Bonchev–Trinajstić information content (AvgIpc) is 1.63. The monoisotopic (exact) mass is 135 g/mol. The van der Waals surface area contributed by atoms with Crippen LogP contribution in [0.2, 0.25) is 0 Å². The molecule has 0 heterocycles. The van der Waals surface area contributed by atoms with Crippen molar-refractivity contribution in [2.24, 2.45) is 0 Å². The number of hydrogen-bond donors (Lipinski definition) is 2. The molecule has 0 spiro atoms. The van der Waals surface area contributed by atoms with E-state index in [2.05, 4.69) is 0 Å². The summed E-state index contributed by atoms with van der Waals surface area (Å²) in [5.41, 5.74) is 0. The number of carbonyl (C=O) groups is 1. The predicted molar refractivity (Wildman–Crippen MR) is 25.3 cm³/mol. The SMILES string of the molecule is O=C(O)CC(O)[N+](=O)[O-]. The number of hydrogen-bond acceptors (Lipinski definition) is 4. The second-order valence-corrected chi connectivity index (χ2v) is 1.36. The zero-order valence-corrected chi connectivity index (χ0v) is 4.35. The molecular formula is C3H5NO5. The molecule has 0 saturated carbocycles. The molecule has 1 unspecified atom stereocenters. The van der Waals surface area contributed by atoms with Crippen molar-refractivity contribution in [3.05, 3.63) is 10.1 Å². The Morgan fingerprint density at radius 1 is 1.78 bits per heavy atom. The number of rotatable bonds is 3. The van der Waals surface area contributed by atoms with Crippen LogP contribution in [-0.2, 0) is 4.79 Å². The van der Waals surface area contributed by atoms with E-state index in [-0.39, 0.29) is 0 Å². The van der Waals surface area contributed by atoms with E-state index >= 15 is 0 Å². The highest BCUT2D eigenvalue weighted by atomic mass is 16.7. The van der Waals surface area contributed by atoms with E-state index in [1.807, 2.05) is 0 Å². The Labute approximate surface area is 49.9 Å². The van der Waals surface area contributed by atoms with Crippen LogP contribution in [-0.4, -0.2) is 27.3 Å². The van der Waals surface area contributed by atoms with Crippen LogP contribution in [0.3, 0.4) is 0 Å². The summed E-state index contributed by atoms with van der Waals surface area (Å²) in [6.07, 6.45) is -2.84. The lowest BCUT2D eigenvalue weighted by molar-refractivity contribution is -0.569. The van der Waals surface area contributed by atoms with E-state index in [0.29, 0.717) is 0 Å². The highest BCUT2D eigenvalue weighted by Crippen LogP contribution is 1.90. The summed E-state index contributed by atoms with van der Waals surface area (Å²) >= 11 is 0. The third-order valence-corrected chi connectivity index (χ3v) is 0.601. The Kier molecular flexibility index (Phi) is 2.59. The molecule has 52 valence electrons. The molecule has 0 saturated heterocycles. The van der Waals surface area contributed by atoms with Gasteiger partial charge >= 0.3 is 12.2 Å². The quantitative estimate of drug-likeness (QED) is 0.295. The van der Waals surface area contributed by atoms with Crippen molar-refractivity contribution >= 4 is 5.97 Å².